The van der Waals surface area contributed by atoms with E-state index in [2.05, 4.69) is 5.32 Å². The monoisotopic (exact) mass is 171 g/mol. The van der Waals surface area contributed by atoms with Crippen molar-refractivity contribution in [3.63, 3.8) is 0 Å². The number of amides is 1. The Morgan fingerprint density at radius 1 is 1.82 bits per heavy atom. The van der Waals surface area contributed by atoms with Crippen molar-refractivity contribution in [3.8, 4) is 0 Å². The molecule has 0 unspecified atom stereocenters. The van der Waals surface area contributed by atoms with Gasteiger partial charge in [-0.25, -0.2) is 0 Å². The number of hydrogen-bond donors (Lipinski definition) is 2. The SMILES string of the molecule is CNC(=O)c1sccc1CO. The van der Waals surface area contributed by atoms with Crippen molar-refractivity contribution >= 4 is 17.2 Å². The number of thiophene rings is 1. The fourth-order valence-corrected chi connectivity index (χ4v) is 1.63. The molecule has 2 N–H and O–H groups in total. The van der Waals surface area contributed by atoms with E-state index >= 15 is 0 Å². The number of rotatable bonds is 2. The van der Waals surface area contributed by atoms with Crippen LogP contribution in [0.4, 0.5) is 0 Å². The van der Waals surface area contributed by atoms with E-state index in [1.54, 1.807) is 18.5 Å². The predicted octanol–water partition coefficient (Wildman–Crippen LogP) is 0.600. The van der Waals surface area contributed by atoms with E-state index in [-0.39, 0.29) is 12.5 Å². The molecule has 1 aromatic rings. The summed E-state index contributed by atoms with van der Waals surface area (Å²) < 4.78 is 0. The number of aliphatic hydroxyl groups excluding tert-OH is 1. The Morgan fingerprint density at radius 3 is 3.09 bits per heavy atom. The van der Waals surface area contributed by atoms with Gasteiger partial charge in [-0.2, -0.15) is 0 Å². The Bertz CT molecular complexity index is 257. The zero-order valence-electron chi connectivity index (χ0n) is 6.13. The van der Waals surface area contributed by atoms with Gasteiger partial charge in [0.25, 0.3) is 5.91 Å². The molecule has 0 radical (unpaired) electrons. The van der Waals surface area contributed by atoms with Crippen molar-refractivity contribution < 1.29 is 9.90 Å². The lowest BCUT2D eigenvalue weighted by atomic mass is 10.2. The maximum absolute atomic E-state index is 11.0. The lowest BCUT2D eigenvalue weighted by Gasteiger charge is -1.97. The van der Waals surface area contributed by atoms with Crippen LogP contribution in [0.2, 0.25) is 0 Å². The Labute approximate surface area is 68.7 Å². The van der Waals surface area contributed by atoms with Gasteiger partial charge in [0.15, 0.2) is 0 Å². The van der Waals surface area contributed by atoms with Gasteiger partial charge in [0.2, 0.25) is 0 Å². The van der Waals surface area contributed by atoms with Crippen LogP contribution < -0.4 is 5.32 Å². The molecule has 0 saturated carbocycles. The molecule has 1 amide bonds. The van der Waals surface area contributed by atoms with Crippen LogP contribution in [-0.4, -0.2) is 18.1 Å². The highest BCUT2D eigenvalue weighted by atomic mass is 32.1. The fraction of sp³-hybridized carbons (Fsp3) is 0.286. The normalized spacial score (nSPS) is 9.64. The first-order valence-electron chi connectivity index (χ1n) is 3.19. The van der Waals surface area contributed by atoms with E-state index < -0.39 is 0 Å². The number of carbonyl (C=O) groups excluding carboxylic acids is 1. The van der Waals surface area contributed by atoms with Gasteiger partial charge in [-0.3, -0.25) is 4.79 Å². The van der Waals surface area contributed by atoms with Gasteiger partial charge in [0.05, 0.1) is 11.5 Å². The van der Waals surface area contributed by atoms with Crippen molar-refractivity contribution in [3.05, 3.63) is 21.9 Å². The number of carbonyl (C=O) groups is 1. The summed E-state index contributed by atoms with van der Waals surface area (Å²) in [6.45, 7) is -0.0771. The summed E-state index contributed by atoms with van der Waals surface area (Å²) in [5.74, 6) is -0.135. The summed E-state index contributed by atoms with van der Waals surface area (Å²) in [7, 11) is 1.57. The van der Waals surface area contributed by atoms with E-state index in [1.807, 2.05) is 0 Å². The average molecular weight is 171 g/mol. The molecule has 60 valence electrons. The molecule has 1 aromatic heterocycles. The van der Waals surface area contributed by atoms with Crippen molar-refractivity contribution in [2.75, 3.05) is 7.05 Å². The van der Waals surface area contributed by atoms with Crippen LogP contribution in [0.15, 0.2) is 11.4 Å². The topological polar surface area (TPSA) is 49.3 Å². The van der Waals surface area contributed by atoms with Gasteiger partial charge in [0.1, 0.15) is 0 Å². The lowest BCUT2D eigenvalue weighted by molar-refractivity contribution is 0.0964. The Balaban J connectivity index is 2.92. The summed E-state index contributed by atoms with van der Waals surface area (Å²) in [4.78, 5) is 11.6. The molecule has 0 aliphatic carbocycles. The predicted molar refractivity (Wildman–Crippen MR) is 43.6 cm³/mol. The minimum absolute atomic E-state index is 0.0771. The van der Waals surface area contributed by atoms with E-state index in [1.165, 1.54) is 11.3 Å². The van der Waals surface area contributed by atoms with Gasteiger partial charge < -0.3 is 10.4 Å². The third kappa shape index (κ3) is 1.58. The third-order valence-electron chi connectivity index (χ3n) is 1.35. The minimum Gasteiger partial charge on any atom is -0.392 e. The first-order chi connectivity index (χ1) is 5.29. The van der Waals surface area contributed by atoms with Crippen LogP contribution in [0, 0.1) is 0 Å². The van der Waals surface area contributed by atoms with Crippen LogP contribution in [-0.2, 0) is 6.61 Å². The van der Waals surface area contributed by atoms with Gasteiger partial charge in [-0.15, -0.1) is 11.3 Å². The average Bonchev–Trinajstić information content (AvgIpc) is 2.50. The summed E-state index contributed by atoms with van der Waals surface area (Å²) >= 11 is 1.33. The van der Waals surface area contributed by atoms with Gasteiger partial charge in [-0.1, -0.05) is 0 Å². The molecule has 3 nitrogen and oxygen atoms in total. The van der Waals surface area contributed by atoms with Crippen LogP contribution in [0.25, 0.3) is 0 Å². The highest BCUT2D eigenvalue weighted by Crippen LogP contribution is 2.15. The molecule has 0 saturated heterocycles. The van der Waals surface area contributed by atoms with Crippen molar-refractivity contribution in [2.45, 2.75) is 6.61 Å². The smallest absolute Gasteiger partial charge is 0.261 e. The highest BCUT2D eigenvalue weighted by Gasteiger charge is 2.09. The molecule has 0 aliphatic heterocycles. The first kappa shape index (κ1) is 8.23. The largest absolute Gasteiger partial charge is 0.392 e. The van der Waals surface area contributed by atoms with E-state index in [9.17, 15) is 4.79 Å². The van der Waals surface area contributed by atoms with Crippen LogP contribution >= 0.6 is 11.3 Å². The van der Waals surface area contributed by atoms with Crippen molar-refractivity contribution in [1.29, 1.82) is 0 Å². The molecular formula is C7H9NO2S. The number of aliphatic hydroxyl groups is 1. The molecule has 0 spiro atoms. The molecule has 0 atom stereocenters. The second-order valence-corrected chi connectivity index (χ2v) is 2.93. The van der Waals surface area contributed by atoms with Crippen LogP contribution in [0.5, 0.6) is 0 Å². The second-order valence-electron chi connectivity index (χ2n) is 2.01. The van der Waals surface area contributed by atoms with Crippen LogP contribution in [0.3, 0.4) is 0 Å². The molecular weight excluding hydrogens is 162 g/mol. The molecule has 0 fully saturated rings. The molecule has 0 aliphatic rings. The third-order valence-corrected chi connectivity index (χ3v) is 2.31. The van der Waals surface area contributed by atoms with E-state index in [0.717, 1.165) is 0 Å². The Morgan fingerprint density at radius 2 is 2.55 bits per heavy atom. The molecule has 4 heteroatoms. The number of hydrogen-bond acceptors (Lipinski definition) is 3. The summed E-state index contributed by atoms with van der Waals surface area (Å²) in [5.41, 5.74) is 0.689. The second kappa shape index (κ2) is 3.50. The van der Waals surface area contributed by atoms with E-state index in [0.29, 0.717) is 10.4 Å². The quantitative estimate of drug-likeness (QED) is 0.684. The van der Waals surface area contributed by atoms with E-state index in [4.69, 9.17) is 5.11 Å². The lowest BCUT2D eigenvalue weighted by Crippen LogP contribution is -2.17. The van der Waals surface area contributed by atoms with Crippen LogP contribution in [0.1, 0.15) is 15.2 Å². The summed E-state index contributed by atoms with van der Waals surface area (Å²) in [5, 5.41) is 13.1. The Kier molecular flexibility index (Phi) is 2.62. The van der Waals surface area contributed by atoms with Crippen molar-refractivity contribution in [1.82, 2.24) is 5.32 Å². The Hall–Kier alpha value is -0.870. The number of nitrogens with one attached hydrogen (secondary N) is 1. The fourth-order valence-electron chi connectivity index (χ4n) is 0.773. The molecule has 1 rings (SSSR count). The van der Waals surface area contributed by atoms with Crippen molar-refractivity contribution in [2.24, 2.45) is 0 Å². The summed E-state index contributed by atoms with van der Waals surface area (Å²) in [6, 6.07) is 1.75. The maximum Gasteiger partial charge on any atom is 0.261 e. The standard InChI is InChI=1S/C7H9NO2S/c1-8-7(10)6-5(4-9)2-3-11-6/h2-3,9H,4H2,1H3,(H,8,10). The maximum atomic E-state index is 11.0. The minimum atomic E-state index is -0.135. The van der Waals surface area contributed by atoms with Gasteiger partial charge in [0, 0.05) is 12.6 Å². The zero-order chi connectivity index (χ0) is 8.27. The molecule has 0 aromatic carbocycles. The summed E-state index contributed by atoms with van der Waals surface area (Å²) in [6.07, 6.45) is 0. The molecule has 1 heterocycles. The van der Waals surface area contributed by atoms with Gasteiger partial charge >= 0.3 is 0 Å². The zero-order valence-corrected chi connectivity index (χ0v) is 6.94. The molecule has 0 bridgehead atoms. The first-order valence-corrected chi connectivity index (χ1v) is 4.07. The highest BCUT2D eigenvalue weighted by molar-refractivity contribution is 7.12. The molecule has 11 heavy (non-hydrogen) atoms. The van der Waals surface area contributed by atoms with Gasteiger partial charge in [-0.05, 0) is 11.4 Å².